The molecule has 0 saturated carbocycles. The first kappa shape index (κ1) is 16.8. The van der Waals surface area contributed by atoms with Gasteiger partial charge < -0.3 is 0 Å². The number of hydrogen-bond donors (Lipinski definition) is 0. The predicted molar refractivity (Wildman–Crippen MR) is 95.2 cm³/mol. The van der Waals surface area contributed by atoms with E-state index in [1.165, 1.54) is 5.57 Å². The lowest BCUT2D eigenvalue weighted by molar-refractivity contribution is 0.814. The summed E-state index contributed by atoms with van der Waals surface area (Å²) in [5.41, 5.74) is 3.54. The molecular weight excluding hydrogens is 260 g/mol. The van der Waals surface area contributed by atoms with Crippen molar-refractivity contribution in [3.63, 3.8) is 0 Å². The summed E-state index contributed by atoms with van der Waals surface area (Å²) in [6.07, 6.45) is 16.3. The van der Waals surface area contributed by atoms with Crippen LogP contribution in [0.25, 0.3) is 0 Å². The summed E-state index contributed by atoms with van der Waals surface area (Å²) in [5, 5.41) is 0.619. The maximum Gasteiger partial charge on any atom is 0.0334 e. The molecule has 1 heterocycles. The van der Waals surface area contributed by atoms with Gasteiger partial charge in [-0.25, -0.2) is 0 Å². The Balaban J connectivity index is 0.000000956. The normalized spacial score (nSPS) is 25.4. The number of allylic oxidation sites excluding steroid dienone is 8. The van der Waals surface area contributed by atoms with Gasteiger partial charge in [0.05, 0.1) is 0 Å². The van der Waals surface area contributed by atoms with Gasteiger partial charge in [-0.1, -0.05) is 82.0 Å². The molecule has 1 aliphatic heterocycles. The first-order valence-corrected chi connectivity index (χ1v) is 8.49. The highest BCUT2D eigenvalue weighted by atomic mass is 32.2. The number of rotatable bonds is 4. The largest absolute Gasteiger partial charge is 0.149 e. The Morgan fingerprint density at radius 3 is 2.65 bits per heavy atom. The Morgan fingerprint density at radius 1 is 1.25 bits per heavy atom. The summed E-state index contributed by atoms with van der Waals surface area (Å²) < 4.78 is 0. The molecule has 1 fully saturated rings. The van der Waals surface area contributed by atoms with Crippen molar-refractivity contribution in [3.05, 3.63) is 72.4 Å². The van der Waals surface area contributed by atoms with Crippen LogP contribution >= 0.6 is 11.8 Å². The first-order valence-electron chi connectivity index (χ1n) is 7.44. The molecule has 108 valence electrons. The summed E-state index contributed by atoms with van der Waals surface area (Å²) >= 11 is 2.01. The zero-order valence-corrected chi connectivity index (χ0v) is 13.7. The fourth-order valence-electron chi connectivity index (χ4n) is 2.19. The second kappa shape index (κ2) is 8.86. The molecule has 2 rings (SSSR count). The molecule has 1 heteroatoms. The summed E-state index contributed by atoms with van der Waals surface area (Å²) in [6, 6.07) is 0. The average molecular weight is 286 g/mol. The van der Waals surface area contributed by atoms with E-state index < -0.39 is 0 Å². The standard InChI is InChI=1S/C17H20S.C2H6/c1-4-5-8-13(2)14(3)11-15-12-18-17-10-7-6-9-16(15)17;1-2/h5-11,16-17H,2-4,12H2,1H3;1-2H3/b8-5-,15-11+;. The Bertz CT molecular complexity index is 460. The van der Waals surface area contributed by atoms with Crippen LogP contribution < -0.4 is 0 Å². The van der Waals surface area contributed by atoms with Crippen molar-refractivity contribution in [2.75, 3.05) is 5.75 Å². The van der Waals surface area contributed by atoms with Gasteiger partial charge in [0.1, 0.15) is 0 Å². The Morgan fingerprint density at radius 2 is 1.95 bits per heavy atom. The number of hydrogen-bond acceptors (Lipinski definition) is 1. The number of fused-ring (bicyclic) bond motifs is 1. The topological polar surface area (TPSA) is 0 Å². The molecule has 2 unspecified atom stereocenters. The monoisotopic (exact) mass is 286 g/mol. The maximum absolute atomic E-state index is 4.13. The van der Waals surface area contributed by atoms with Crippen LogP contribution in [0.2, 0.25) is 0 Å². The molecule has 20 heavy (non-hydrogen) atoms. The lowest BCUT2D eigenvalue weighted by Gasteiger charge is -2.15. The van der Waals surface area contributed by atoms with Gasteiger partial charge in [0.15, 0.2) is 0 Å². The fraction of sp³-hybridized carbons (Fsp3) is 0.368. The van der Waals surface area contributed by atoms with E-state index in [-0.39, 0.29) is 0 Å². The molecule has 2 atom stereocenters. The lowest BCUT2D eigenvalue weighted by Crippen LogP contribution is -2.10. The molecule has 1 aliphatic carbocycles. The van der Waals surface area contributed by atoms with E-state index in [1.54, 1.807) is 0 Å². The van der Waals surface area contributed by atoms with E-state index in [0.717, 1.165) is 23.3 Å². The molecule has 1 saturated heterocycles. The zero-order chi connectivity index (χ0) is 15.0. The van der Waals surface area contributed by atoms with E-state index in [9.17, 15) is 0 Å². The molecule has 0 spiro atoms. The highest BCUT2D eigenvalue weighted by Gasteiger charge is 2.29. The Labute approximate surface area is 128 Å². The quantitative estimate of drug-likeness (QED) is 0.582. The first-order chi connectivity index (χ1) is 9.72. The average Bonchev–Trinajstić information content (AvgIpc) is 2.90. The van der Waals surface area contributed by atoms with Crippen LogP contribution in [0.4, 0.5) is 0 Å². The molecule has 0 amide bonds. The second-order valence-electron chi connectivity index (χ2n) is 4.65. The van der Waals surface area contributed by atoms with E-state index >= 15 is 0 Å². The summed E-state index contributed by atoms with van der Waals surface area (Å²) in [5.74, 6) is 1.66. The van der Waals surface area contributed by atoms with Crippen molar-refractivity contribution in [1.82, 2.24) is 0 Å². The van der Waals surface area contributed by atoms with Gasteiger partial charge in [-0.05, 0) is 17.6 Å². The molecule has 0 aromatic rings. The van der Waals surface area contributed by atoms with Gasteiger partial charge in [-0.2, -0.15) is 0 Å². The third-order valence-corrected chi connectivity index (χ3v) is 4.62. The predicted octanol–water partition coefficient (Wildman–Crippen LogP) is 5.88. The minimum absolute atomic E-state index is 0.555. The minimum Gasteiger partial charge on any atom is -0.149 e. The lowest BCUT2D eigenvalue weighted by atomic mass is 9.91. The van der Waals surface area contributed by atoms with E-state index in [2.05, 4.69) is 62.6 Å². The van der Waals surface area contributed by atoms with Gasteiger partial charge in [0, 0.05) is 16.9 Å². The van der Waals surface area contributed by atoms with Gasteiger partial charge in [-0.3, -0.25) is 0 Å². The summed E-state index contributed by atoms with van der Waals surface area (Å²) in [7, 11) is 0. The van der Waals surface area contributed by atoms with Crippen LogP contribution in [0.5, 0.6) is 0 Å². The van der Waals surface area contributed by atoms with Crippen LogP contribution in [0.15, 0.2) is 72.4 Å². The zero-order valence-electron chi connectivity index (χ0n) is 12.9. The molecular formula is C19H26S. The molecule has 0 radical (unpaired) electrons. The van der Waals surface area contributed by atoms with Crippen molar-refractivity contribution in [2.24, 2.45) is 5.92 Å². The van der Waals surface area contributed by atoms with Crippen LogP contribution in [0.3, 0.4) is 0 Å². The van der Waals surface area contributed by atoms with Crippen molar-refractivity contribution < 1.29 is 0 Å². The molecule has 0 aromatic carbocycles. The molecule has 2 aliphatic rings. The smallest absolute Gasteiger partial charge is 0.0334 e. The van der Waals surface area contributed by atoms with Crippen LogP contribution in [-0.2, 0) is 0 Å². The SMILES string of the molecule is C=C(/C=C\CC)C(=C)/C=C1\CSC2C=CC=CC12.CC. The van der Waals surface area contributed by atoms with E-state index in [1.807, 2.05) is 25.6 Å². The highest BCUT2D eigenvalue weighted by Crippen LogP contribution is 2.40. The second-order valence-corrected chi connectivity index (χ2v) is 5.82. The fourth-order valence-corrected chi connectivity index (χ4v) is 3.53. The Hall–Kier alpha value is -1.21. The molecule has 0 N–H and O–H groups in total. The minimum atomic E-state index is 0.555. The van der Waals surface area contributed by atoms with E-state index in [0.29, 0.717) is 11.2 Å². The third-order valence-electron chi connectivity index (χ3n) is 3.28. The van der Waals surface area contributed by atoms with Gasteiger partial charge >= 0.3 is 0 Å². The van der Waals surface area contributed by atoms with Crippen molar-refractivity contribution in [2.45, 2.75) is 32.4 Å². The number of thioether (sulfide) groups is 1. The highest BCUT2D eigenvalue weighted by molar-refractivity contribution is 8.00. The molecule has 0 nitrogen and oxygen atoms in total. The van der Waals surface area contributed by atoms with Gasteiger partial charge in [0.25, 0.3) is 0 Å². The van der Waals surface area contributed by atoms with Crippen molar-refractivity contribution in [3.8, 4) is 0 Å². The van der Waals surface area contributed by atoms with E-state index in [4.69, 9.17) is 0 Å². The summed E-state index contributed by atoms with van der Waals surface area (Å²) in [6.45, 7) is 14.3. The molecule has 0 bridgehead atoms. The van der Waals surface area contributed by atoms with Gasteiger partial charge in [-0.15, -0.1) is 11.8 Å². The Kier molecular flexibility index (Phi) is 7.46. The summed E-state index contributed by atoms with van der Waals surface area (Å²) in [4.78, 5) is 0. The van der Waals surface area contributed by atoms with Crippen molar-refractivity contribution in [1.29, 1.82) is 0 Å². The third kappa shape index (κ3) is 4.42. The van der Waals surface area contributed by atoms with Crippen LogP contribution in [-0.4, -0.2) is 11.0 Å². The molecule has 0 aromatic heterocycles. The van der Waals surface area contributed by atoms with Crippen LogP contribution in [0.1, 0.15) is 27.2 Å². The van der Waals surface area contributed by atoms with Crippen molar-refractivity contribution >= 4 is 11.8 Å². The van der Waals surface area contributed by atoms with Crippen LogP contribution in [0, 0.1) is 5.92 Å². The van der Waals surface area contributed by atoms with Gasteiger partial charge in [0.2, 0.25) is 0 Å². The maximum atomic E-state index is 4.13.